The molecule has 0 aliphatic rings. The molecule has 29 heavy (non-hydrogen) atoms. The topological polar surface area (TPSA) is 79.6 Å². The van der Waals surface area contributed by atoms with Crippen molar-refractivity contribution in [2.45, 2.75) is 26.8 Å². The molecular weight excluding hydrogens is 366 g/mol. The number of anilines is 1. The van der Waals surface area contributed by atoms with Crippen molar-refractivity contribution in [1.82, 2.24) is 15.2 Å². The number of carbonyl (C=O) groups is 1. The summed E-state index contributed by atoms with van der Waals surface area (Å²) in [7, 11) is 3.96. The molecule has 7 heteroatoms. The number of nitrogens with zero attached hydrogens (tertiary/aromatic N) is 4. The third-order valence-corrected chi connectivity index (χ3v) is 4.64. The Hall–Kier alpha value is -3.48. The highest BCUT2D eigenvalue weighted by atomic mass is 16.2. The predicted octanol–water partition coefficient (Wildman–Crippen LogP) is 3.03. The van der Waals surface area contributed by atoms with Crippen molar-refractivity contribution in [3.05, 3.63) is 70.1 Å². The maximum atomic E-state index is 12.8. The van der Waals surface area contributed by atoms with Gasteiger partial charge in [0, 0.05) is 31.7 Å². The van der Waals surface area contributed by atoms with Gasteiger partial charge in [0.1, 0.15) is 0 Å². The Morgan fingerprint density at radius 3 is 2.38 bits per heavy atom. The zero-order valence-corrected chi connectivity index (χ0v) is 17.1. The van der Waals surface area contributed by atoms with Crippen molar-refractivity contribution >= 4 is 28.1 Å². The van der Waals surface area contributed by atoms with Crippen molar-refractivity contribution in [1.29, 1.82) is 0 Å². The minimum absolute atomic E-state index is 0.188. The standard InChI is InChI=1S/C22H25N5O2/c1-5-14-27-22(29)19-9-7-6-8-18(19)20(25-27)21(28)24-23-15(2)16-10-12-17(13-11-16)26(3)4/h6-13H,5,14H2,1-4H3,(H,24,28)/b23-15-. The van der Waals surface area contributed by atoms with E-state index in [2.05, 4.69) is 15.6 Å². The fourth-order valence-corrected chi connectivity index (χ4v) is 3.02. The van der Waals surface area contributed by atoms with E-state index in [0.29, 0.717) is 23.0 Å². The molecule has 1 amide bonds. The van der Waals surface area contributed by atoms with Crippen molar-refractivity contribution in [2.24, 2.45) is 5.10 Å². The van der Waals surface area contributed by atoms with Crippen LogP contribution in [0.1, 0.15) is 36.3 Å². The van der Waals surface area contributed by atoms with Crippen LogP contribution in [0.2, 0.25) is 0 Å². The van der Waals surface area contributed by atoms with Crippen LogP contribution in [-0.2, 0) is 6.54 Å². The molecule has 0 saturated heterocycles. The lowest BCUT2D eigenvalue weighted by atomic mass is 10.1. The van der Waals surface area contributed by atoms with Crippen molar-refractivity contribution in [3.63, 3.8) is 0 Å². The lowest BCUT2D eigenvalue weighted by Gasteiger charge is -2.12. The summed E-state index contributed by atoms with van der Waals surface area (Å²) in [5, 5.41) is 9.51. The zero-order chi connectivity index (χ0) is 21.0. The second kappa shape index (κ2) is 8.68. The normalized spacial score (nSPS) is 11.5. The molecule has 3 aromatic rings. The predicted molar refractivity (Wildman–Crippen MR) is 117 cm³/mol. The van der Waals surface area contributed by atoms with E-state index in [1.165, 1.54) is 4.68 Å². The number of hydrogen-bond donors (Lipinski definition) is 1. The molecule has 150 valence electrons. The molecule has 0 bridgehead atoms. The summed E-state index contributed by atoms with van der Waals surface area (Å²) in [5.74, 6) is -0.449. The number of benzene rings is 2. The maximum Gasteiger partial charge on any atom is 0.292 e. The van der Waals surface area contributed by atoms with Crippen LogP contribution in [0.5, 0.6) is 0 Å². The van der Waals surface area contributed by atoms with Gasteiger partial charge in [0.2, 0.25) is 0 Å². The van der Waals surface area contributed by atoms with E-state index in [9.17, 15) is 9.59 Å². The first-order chi connectivity index (χ1) is 13.9. The van der Waals surface area contributed by atoms with Gasteiger partial charge in [0.05, 0.1) is 11.1 Å². The lowest BCUT2D eigenvalue weighted by molar-refractivity contribution is 0.0949. The highest BCUT2D eigenvalue weighted by molar-refractivity contribution is 6.06. The Labute approximate surface area is 169 Å². The zero-order valence-electron chi connectivity index (χ0n) is 17.1. The Morgan fingerprint density at radius 1 is 1.10 bits per heavy atom. The third-order valence-electron chi connectivity index (χ3n) is 4.64. The Bertz CT molecular complexity index is 1110. The van der Waals surface area contributed by atoms with Gasteiger partial charge in [-0.1, -0.05) is 37.3 Å². The van der Waals surface area contributed by atoms with Crippen LogP contribution in [-0.4, -0.2) is 35.5 Å². The van der Waals surface area contributed by atoms with Gasteiger partial charge in [-0.2, -0.15) is 10.2 Å². The highest BCUT2D eigenvalue weighted by Crippen LogP contribution is 2.14. The number of fused-ring (bicyclic) bond motifs is 1. The SMILES string of the molecule is CCCn1nc(C(=O)N/N=C(/C)c2ccc(N(C)C)cc2)c2ccccc2c1=O. The fourth-order valence-electron chi connectivity index (χ4n) is 3.02. The molecule has 3 rings (SSSR count). The number of rotatable bonds is 6. The van der Waals surface area contributed by atoms with Crippen molar-refractivity contribution in [2.75, 3.05) is 19.0 Å². The number of hydrazone groups is 1. The van der Waals surface area contributed by atoms with E-state index in [1.54, 1.807) is 24.3 Å². The second-order valence-electron chi connectivity index (χ2n) is 7.00. The van der Waals surface area contributed by atoms with Crippen LogP contribution in [0.3, 0.4) is 0 Å². The van der Waals surface area contributed by atoms with Gasteiger partial charge in [0.25, 0.3) is 11.5 Å². The van der Waals surface area contributed by atoms with Gasteiger partial charge in [-0.3, -0.25) is 9.59 Å². The van der Waals surface area contributed by atoms with Crippen LogP contribution in [0.25, 0.3) is 10.8 Å². The number of nitrogens with one attached hydrogen (secondary N) is 1. The average Bonchev–Trinajstić information content (AvgIpc) is 2.74. The number of aryl methyl sites for hydroxylation is 1. The molecule has 0 unspecified atom stereocenters. The van der Waals surface area contributed by atoms with Crippen LogP contribution in [0.15, 0.2) is 58.4 Å². The first-order valence-corrected chi connectivity index (χ1v) is 9.54. The van der Waals surface area contributed by atoms with Gasteiger partial charge in [-0.25, -0.2) is 10.1 Å². The summed E-state index contributed by atoms with van der Waals surface area (Å²) in [4.78, 5) is 27.4. The summed E-state index contributed by atoms with van der Waals surface area (Å²) < 4.78 is 1.34. The first kappa shape index (κ1) is 20.3. The molecule has 1 heterocycles. The molecule has 0 atom stereocenters. The smallest absolute Gasteiger partial charge is 0.292 e. The Balaban J connectivity index is 1.90. The van der Waals surface area contributed by atoms with E-state index in [4.69, 9.17) is 0 Å². The van der Waals surface area contributed by atoms with Gasteiger partial charge in [-0.05, 0) is 37.1 Å². The van der Waals surface area contributed by atoms with Gasteiger partial charge < -0.3 is 4.90 Å². The number of carbonyl (C=O) groups excluding carboxylic acids is 1. The van der Waals surface area contributed by atoms with E-state index in [0.717, 1.165) is 17.7 Å². The maximum absolute atomic E-state index is 12.8. The minimum Gasteiger partial charge on any atom is -0.378 e. The summed E-state index contributed by atoms with van der Waals surface area (Å²) in [5.41, 5.74) is 5.24. The molecule has 7 nitrogen and oxygen atoms in total. The molecule has 2 aromatic carbocycles. The minimum atomic E-state index is -0.449. The van der Waals surface area contributed by atoms with Crippen LogP contribution >= 0.6 is 0 Å². The number of hydrogen-bond acceptors (Lipinski definition) is 5. The molecular formula is C22H25N5O2. The molecule has 0 fully saturated rings. The summed E-state index contributed by atoms with van der Waals surface area (Å²) in [6.07, 6.45) is 0.743. The van der Waals surface area contributed by atoms with Crippen molar-refractivity contribution < 1.29 is 4.79 Å². The molecule has 1 aromatic heterocycles. The van der Waals surface area contributed by atoms with Crippen LogP contribution < -0.4 is 15.9 Å². The van der Waals surface area contributed by atoms with Crippen LogP contribution in [0, 0.1) is 0 Å². The quantitative estimate of drug-likeness (QED) is 0.517. The average molecular weight is 391 g/mol. The Kier molecular flexibility index (Phi) is 6.07. The summed E-state index contributed by atoms with van der Waals surface area (Å²) >= 11 is 0. The van der Waals surface area contributed by atoms with E-state index in [1.807, 2.05) is 57.1 Å². The summed E-state index contributed by atoms with van der Waals surface area (Å²) in [6.45, 7) is 4.23. The molecule has 0 radical (unpaired) electrons. The third kappa shape index (κ3) is 4.34. The molecule has 0 aliphatic carbocycles. The largest absolute Gasteiger partial charge is 0.378 e. The summed E-state index contributed by atoms with van der Waals surface area (Å²) in [6, 6.07) is 14.9. The van der Waals surface area contributed by atoms with E-state index >= 15 is 0 Å². The monoisotopic (exact) mass is 391 g/mol. The van der Waals surface area contributed by atoms with Crippen LogP contribution in [0.4, 0.5) is 5.69 Å². The van der Waals surface area contributed by atoms with E-state index in [-0.39, 0.29) is 11.3 Å². The molecule has 1 N–H and O–H groups in total. The van der Waals surface area contributed by atoms with Crippen molar-refractivity contribution in [3.8, 4) is 0 Å². The first-order valence-electron chi connectivity index (χ1n) is 9.54. The highest BCUT2D eigenvalue weighted by Gasteiger charge is 2.16. The number of aromatic nitrogens is 2. The lowest BCUT2D eigenvalue weighted by Crippen LogP contribution is -2.29. The fraction of sp³-hybridized carbons (Fsp3) is 0.273. The van der Waals surface area contributed by atoms with Gasteiger partial charge in [-0.15, -0.1) is 0 Å². The molecule has 0 saturated carbocycles. The van der Waals surface area contributed by atoms with Gasteiger partial charge in [0.15, 0.2) is 5.69 Å². The van der Waals surface area contributed by atoms with Gasteiger partial charge >= 0.3 is 0 Å². The number of amides is 1. The molecule has 0 aliphatic heterocycles. The second-order valence-corrected chi connectivity index (χ2v) is 7.00. The van der Waals surface area contributed by atoms with E-state index < -0.39 is 5.91 Å². The Morgan fingerprint density at radius 2 is 1.76 bits per heavy atom. The molecule has 0 spiro atoms.